The summed E-state index contributed by atoms with van der Waals surface area (Å²) in [6.45, 7) is 4.85. The van der Waals surface area contributed by atoms with Gasteiger partial charge in [-0.25, -0.2) is 0 Å². The van der Waals surface area contributed by atoms with Crippen LogP contribution in [-0.4, -0.2) is 23.1 Å². The molecule has 3 rings (SSSR count). The Labute approximate surface area is 124 Å². The van der Waals surface area contributed by atoms with E-state index in [1.165, 1.54) is 0 Å². The summed E-state index contributed by atoms with van der Waals surface area (Å²) >= 11 is 0. The maximum absolute atomic E-state index is 12.5. The summed E-state index contributed by atoms with van der Waals surface area (Å²) in [5.41, 5.74) is 4.90. The van der Waals surface area contributed by atoms with Crippen LogP contribution >= 0.6 is 0 Å². The fourth-order valence-electron chi connectivity index (χ4n) is 2.77. The van der Waals surface area contributed by atoms with Gasteiger partial charge in [0.05, 0.1) is 6.54 Å². The third-order valence-corrected chi connectivity index (χ3v) is 3.98. The number of ketones is 1. The van der Waals surface area contributed by atoms with Crippen molar-refractivity contribution in [1.29, 1.82) is 5.41 Å². The summed E-state index contributed by atoms with van der Waals surface area (Å²) in [4.78, 5) is 14.4. The predicted octanol–water partition coefficient (Wildman–Crippen LogP) is 3.33. The first kappa shape index (κ1) is 13.6. The van der Waals surface area contributed by atoms with E-state index in [-0.39, 0.29) is 12.3 Å². The van der Waals surface area contributed by atoms with Crippen LogP contribution in [0.15, 0.2) is 42.5 Å². The molecule has 3 nitrogen and oxygen atoms in total. The van der Waals surface area contributed by atoms with Gasteiger partial charge in [-0.05, 0) is 31.0 Å². The average molecular weight is 278 g/mol. The molecule has 1 aliphatic rings. The number of fused-ring (bicyclic) bond motifs is 1. The Balaban J connectivity index is 1.81. The van der Waals surface area contributed by atoms with E-state index >= 15 is 0 Å². The zero-order chi connectivity index (χ0) is 15.0. The molecule has 0 amide bonds. The minimum atomic E-state index is 0.0776. The Morgan fingerprint density at radius 1 is 1.19 bits per heavy atom. The zero-order valence-corrected chi connectivity index (χ0v) is 12.3. The highest BCUT2D eigenvalue weighted by molar-refractivity contribution is 6.05. The SMILES string of the molecule is Cc1ccc(C)c(C(=O)CN2Cc3ccccc3C2=N)c1. The molecule has 1 aliphatic heterocycles. The molecule has 0 radical (unpaired) electrons. The molecule has 0 unspecified atom stereocenters. The van der Waals surface area contributed by atoms with Gasteiger partial charge in [-0.2, -0.15) is 0 Å². The number of nitrogens with one attached hydrogen (secondary N) is 1. The third kappa shape index (κ3) is 2.47. The molecule has 0 spiro atoms. The molecule has 0 aliphatic carbocycles. The summed E-state index contributed by atoms with van der Waals surface area (Å²) in [7, 11) is 0. The van der Waals surface area contributed by atoms with Crippen molar-refractivity contribution in [3.8, 4) is 0 Å². The van der Waals surface area contributed by atoms with Crippen molar-refractivity contribution in [2.75, 3.05) is 6.54 Å². The number of carbonyl (C=O) groups excluding carboxylic acids is 1. The predicted molar refractivity (Wildman–Crippen MR) is 83.9 cm³/mol. The van der Waals surface area contributed by atoms with Gasteiger partial charge in [-0.3, -0.25) is 10.2 Å². The van der Waals surface area contributed by atoms with Gasteiger partial charge in [0.2, 0.25) is 0 Å². The van der Waals surface area contributed by atoms with E-state index in [0.29, 0.717) is 12.4 Å². The molecular weight excluding hydrogens is 260 g/mol. The first-order valence-corrected chi connectivity index (χ1v) is 7.08. The number of carbonyl (C=O) groups is 1. The molecule has 2 aromatic carbocycles. The highest BCUT2D eigenvalue weighted by Crippen LogP contribution is 2.23. The van der Waals surface area contributed by atoms with E-state index in [1.807, 2.05) is 61.2 Å². The van der Waals surface area contributed by atoms with Crippen LogP contribution < -0.4 is 0 Å². The molecule has 0 atom stereocenters. The Morgan fingerprint density at radius 3 is 2.71 bits per heavy atom. The smallest absolute Gasteiger partial charge is 0.182 e. The highest BCUT2D eigenvalue weighted by atomic mass is 16.1. The van der Waals surface area contributed by atoms with Crippen molar-refractivity contribution in [2.24, 2.45) is 0 Å². The molecule has 0 aromatic heterocycles. The van der Waals surface area contributed by atoms with Gasteiger partial charge in [0.15, 0.2) is 5.78 Å². The average Bonchev–Trinajstić information content (AvgIpc) is 2.78. The van der Waals surface area contributed by atoms with E-state index < -0.39 is 0 Å². The first-order chi connectivity index (χ1) is 10.1. The van der Waals surface area contributed by atoms with Crippen molar-refractivity contribution >= 4 is 11.6 Å². The number of nitrogens with zero attached hydrogens (tertiary/aromatic N) is 1. The maximum atomic E-state index is 12.5. The van der Waals surface area contributed by atoms with Crippen molar-refractivity contribution < 1.29 is 4.79 Å². The lowest BCUT2D eigenvalue weighted by atomic mass is 10.0. The number of hydrogen-bond acceptors (Lipinski definition) is 2. The number of Topliss-reactive ketones (excluding diaryl/α,β-unsaturated/α-hetero) is 1. The second-order valence-electron chi connectivity index (χ2n) is 5.60. The summed E-state index contributed by atoms with van der Waals surface area (Å²) in [6.07, 6.45) is 0. The lowest BCUT2D eigenvalue weighted by molar-refractivity contribution is 0.0962. The Bertz CT molecular complexity index is 734. The second-order valence-corrected chi connectivity index (χ2v) is 5.60. The minimum Gasteiger partial charge on any atom is -0.345 e. The number of benzene rings is 2. The summed E-state index contributed by atoms with van der Waals surface area (Å²) in [5.74, 6) is 0.526. The van der Waals surface area contributed by atoms with Crippen LogP contribution in [-0.2, 0) is 6.54 Å². The molecule has 1 N–H and O–H groups in total. The first-order valence-electron chi connectivity index (χ1n) is 7.08. The number of rotatable bonds is 3. The van der Waals surface area contributed by atoms with Crippen LogP contribution in [0.5, 0.6) is 0 Å². The van der Waals surface area contributed by atoms with Gasteiger partial charge in [0, 0.05) is 17.7 Å². The normalized spacial score (nSPS) is 13.4. The fraction of sp³-hybridized carbons (Fsp3) is 0.222. The van der Waals surface area contributed by atoms with Crippen LogP contribution in [0.4, 0.5) is 0 Å². The topological polar surface area (TPSA) is 44.2 Å². The van der Waals surface area contributed by atoms with Gasteiger partial charge >= 0.3 is 0 Å². The standard InChI is InChI=1S/C18H18N2O/c1-12-7-8-13(2)16(9-12)17(21)11-20-10-14-5-3-4-6-15(14)18(20)19/h3-9,19H,10-11H2,1-2H3. The molecule has 0 bridgehead atoms. The van der Waals surface area contributed by atoms with Crippen LogP contribution in [0.3, 0.4) is 0 Å². The highest BCUT2D eigenvalue weighted by Gasteiger charge is 2.25. The zero-order valence-electron chi connectivity index (χ0n) is 12.3. The van der Waals surface area contributed by atoms with Crippen molar-refractivity contribution in [2.45, 2.75) is 20.4 Å². The number of hydrogen-bond donors (Lipinski definition) is 1. The second kappa shape index (κ2) is 5.17. The quantitative estimate of drug-likeness (QED) is 0.875. The largest absolute Gasteiger partial charge is 0.345 e. The Kier molecular flexibility index (Phi) is 3.34. The number of amidine groups is 1. The summed E-state index contributed by atoms with van der Waals surface area (Å²) < 4.78 is 0. The maximum Gasteiger partial charge on any atom is 0.182 e. The van der Waals surface area contributed by atoms with Crippen LogP contribution in [0.2, 0.25) is 0 Å². The lowest BCUT2D eigenvalue weighted by Gasteiger charge is -2.17. The van der Waals surface area contributed by atoms with Crippen LogP contribution in [0.25, 0.3) is 0 Å². The van der Waals surface area contributed by atoms with E-state index in [0.717, 1.165) is 27.8 Å². The van der Waals surface area contributed by atoms with Gasteiger partial charge in [0.1, 0.15) is 5.84 Å². The van der Waals surface area contributed by atoms with E-state index in [4.69, 9.17) is 5.41 Å². The van der Waals surface area contributed by atoms with Gasteiger partial charge in [0.25, 0.3) is 0 Å². The summed E-state index contributed by atoms with van der Waals surface area (Å²) in [5, 5.41) is 8.21. The van der Waals surface area contributed by atoms with Crippen LogP contribution in [0.1, 0.15) is 32.6 Å². The molecule has 21 heavy (non-hydrogen) atoms. The van der Waals surface area contributed by atoms with Gasteiger partial charge < -0.3 is 4.90 Å². The van der Waals surface area contributed by atoms with Crippen molar-refractivity contribution in [3.05, 3.63) is 70.3 Å². The van der Waals surface area contributed by atoms with Crippen molar-refractivity contribution in [1.82, 2.24) is 4.90 Å². The van der Waals surface area contributed by atoms with Gasteiger partial charge in [-0.1, -0.05) is 42.0 Å². The molecular formula is C18H18N2O. The Morgan fingerprint density at radius 2 is 1.95 bits per heavy atom. The van der Waals surface area contributed by atoms with E-state index in [2.05, 4.69) is 0 Å². The molecule has 0 fully saturated rings. The number of aryl methyl sites for hydroxylation is 2. The van der Waals surface area contributed by atoms with Crippen molar-refractivity contribution in [3.63, 3.8) is 0 Å². The van der Waals surface area contributed by atoms with E-state index in [9.17, 15) is 4.79 Å². The molecule has 1 heterocycles. The molecule has 2 aromatic rings. The van der Waals surface area contributed by atoms with Gasteiger partial charge in [-0.15, -0.1) is 0 Å². The monoisotopic (exact) mass is 278 g/mol. The van der Waals surface area contributed by atoms with E-state index in [1.54, 1.807) is 0 Å². The molecule has 106 valence electrons. The fourth-order valence-corrected chi connectivity index (χ4v) is 2.77. The lowest BCUT2D eigenvalue weighted by Crippen LogP contribution is -2.30. The molecule has 0 saturated carbocycles. The summed E-state index contributed by atoms with van der Waals surface area (Å²) in [6, 6.07) is 13.8. The third-order valence-electron chi connectivity index (χ3n) is 3.98. The molecule has 3 heteroatoms. The molecule has 0 saturated heterocycles. The minimum absolute atomic E-state index is 0.0776. The Hall–Kier alpha value is -2.42. The van der Waals surface area contributed by atoms with Crippen LogP contribution in [0, 0.1) is 19.3 Å².